The summed E-state index contributed by atoms with van der Waals surface area (Å²) in [5.74, 6) is 5.97. The van der Waals surface area contributed by atoms with E-state index in [2.05, 4.69) is 28.2 Å². The lowest BCUT2D eigenvalue weighted by atomic mass is 10.1. The molecule has 1 saturated heterocycles. The molecule has 0 amide bonds. The molecule has 0 atom stereocenters. The van der Waals surface area contributed by atoms with Gasteiger partial charge in [-0.15, -0.1) is 11.3 Å². The van der Waals surface area contributed by atoms with Gasteiger partial charge in [-0.05, 0) is 32.0 Å². The summed E-state index contributed by atoms with van der Waals surface area (Å²) < 4.78 is 0. The highest BCUT2D eigenvalue weighted by atomic mass is 32.1. The summed E-state index contributed by atoms with van der Waals surface area (Å²) in [6.45, 7) is 4.04. The molecule has 0 aromatic carbocycles. The van der Waals surface area contributed by atoms with Crippen LogP contribution in [-0.2, 0) is 6.54 Å². The number of piperidine rings is 1. The highest BCUT2D eigenvalue weighted by molar-refractivity contribution is 7.10. The minimum Gasteiger partial charge on any atom is -0.320 e. The third kappa shape index (κ3) is 3.34. The molecular weight excluding hydrogens is 216 g/mol. The fraction of sp³-hybridized carbons (Fsp3) is 0.538. The number of nitrogens with two attached hydrogens (primary N) is 1. The lowest BCUT2D eigenvalue weighted by Crippen LogP contribution is -2.28. The Labute approximate surface area is 101 Å². The summed E-state index contributed by atoms with van der Waals surface area (Å²) in [6, 6.07) is 2.20. The van der Waals surface area contributed by atoms with Crippen molar-refractivity contribution >= 4 is 11.3 Å². The van der Waals surface area contributed by atoms with Gasteiger partial charge in [0.15, 0.2) is 0 Å². The first-order chi connectivity index (χ1) is 7.88. The number of rotatable bonds is 2. The molecule has 1 aliphatic rings. The number of hydrogen-bond donors (Lipinski definition) is 1. The zero-order valence-corrected chi connectivity index (χ0v) is 10.4. The number of nitrogens with zero attached hydrogens (tertiary/aromatic N) is 1. The fourth-order valence-corrected chi connectivity index (χ4v) is 2.88. The predicted molar refractivity (Wildman–Crippen MR) is 69.4 cm³/mol. The van der Waals surface area contributed by atoms with Crippen LogP contribution in [0, 0.1) is 11.8 Å². The maximum absolute atomic E-state index is 5.35. The summed E-state index contributed by atoms with van der Waals surface area (Å²) in [7, 11) is 0. The molecule has 3 heteroatoms. The Kier molecular flexibility index (Phi) is 4.41. The van der Waals surface area contributed by atoms with E-state index >= 15 is 0 Å². The van der Waals surface area contributed by atoms with Crippen LogP contribution in [-0.4, -0.2) is 24.5 Å². The molecule has 0 spiro atoms. The second-order valence-electron chi connectivity index (χ2n) is 4.14. The van der Waals surface area contributed by atoms with Gasteiger partial charge in [0.2, 0.25) is 0 Å². The van der Waals surface area contributed by atoms with Crippen molar-refractivity contribution in [2.75, 3.05) is 19.6 Å². The van der Waals surface area contributed by atoms with Crippen molar-refractivity contribution in [1.82, 2.24) is 4.90 Å². The van der Waals surface area contributed by atoms with Crippen LogP contribution in [0.1, 0.15) is 29.7 Å². The van der Waals surface area contributed by atoms with E-state index in [4.69, 9.17) is 5.73 Å². The molecule has 86 valence electrons. The minimum atomic E-state index is 0.442. The standard InChI is InChI=1S/C13H18N2S/c14-6-4-5-12-9-13(16-11-12)10-15-7-2-1-3-8-15/h9,11H,1-3,6-8,10,14H2. The molecule has 16 heavy (non-hydrogen) atoms. The number of likely N-dealkylation sites (tertiary alicyclic amines) is 1. The Hall–Kier alpha value is -0.820. The largest absolute Gasteiger partial charge is 0.320 e. The Morgan fingerprint density at radius 1 is 1.31 bits per heavy atom. The van der Waals surface area contributed by atoms with E-state index in [1.54, 1.807) is 0 Å². The summed E-state index contributed by atoms with van der Waals surface area (Å²) in [6.07, 6.45) is 4.10. The Morgan fingerprint density at radius 2 is 2.12 bits per heavy atom. The van der Waals surface area contributed by atoms with Crippen molar-refractivity contribution in [3.8, 4) is 11.8 Å². The van der Waals surface area contributed by atoms with Crippen LogP contribution in [0.15, 0.2) is 11.4 Å². The van der Waals surface area contributed by atoms with Gasteiger partial charge in [-0.25, -0.2) is 0 Å². The van der Waals surface area contributed by atoms with E-state index in [-0.39, 0.29) is 0 Å². The first-order valence-corrected chi connectivity index (χ1v) is 6.75. The molecule has 2 nitrogen and oxygen atoms in total. The molecule has 2 N–H and O–H groups in total. The SMILES string of the molecule is NCC#Cc1csc(CN2CCCCC2)c1. The zero-order valence-electron chi connectivity index (χ0n) is 9.54. The highest BCUT2D eigenvalue weighted by Gasteiger charge is 2.11. The van der Waals surface area contributed by atoms with Gasteiger partial charge in [0.1, 0.15) is 0 Å². The maximum Gasteiger partial charge on any atom is 0.0555 e. The van der Waals surface area contributed by atoms with Crippen LogP contribution in [0.3, 0.4) is 0 Å². The van der Waals surface area contributed by atoms with E-state index in [0.717, 1.165) is 12.1 Å². The Balaban J connectivity index is 1.91. The van der Waals surface area contributed by atoms with Crippen LogP contribution in [0.5, 0.6) is 0 Å². The quantitative estimate of drug-likeness (QED) is 0.794. The molecule has 1 aromatic rings. The third-order valence-electron chi connectivity index (χ3n) is 2.82. The first-order valence-electron chi connectivity index (χ1n) is 5.87. The van der Waals surface area contributed by atoms with Crippen LogP contribution in [0.25, 0.3) is 0 Å². The second kappa shape index (κ2) is 6.05. The number of hydrogen-bond acceptors (Lipinski definition) is 3. The predicted octanol–water partition coefficient (Wildman–Crippen LogP) is 2.04. The van der Waals surface area contributed by atoms with Gasteiger partial charge >= 0.3 is 0 Å². The molecule has 0 bridgehead atoms. The van der Waals surface area contributed by atoms with Gasteiger partial charge in [0.05, 0.1) is 6.54 Å². The monoisotopic (exact) mass is 234 g/mol. The normalized spacial score (nSPS) is 16.8. The average Bonchev–Trinajstić information content (AvgIpc) is 2.75. The van der Waals surface area contributed by atoms with Crippen LogP contribution < -0.4 is 5.73 Å². The van der Waals surface area contributed by atoms with Crippen molar-refractivity contribution in [1.29, 1.82) is 0 Å². The molecule has 1 fully saturated rings. The topological polar surface area (TPSA) is 29.3 Å². The minimum absolute atomic E-state index is 0.442. The van der Waals surface area contributed by atoms with E-state index in [1.165, 1.54) is 37.2 Å². The van der Waals surface area contributed by atoms with Gasteiger partial charge in [0, 0.05) is 22.4 Å². The van der Waals surface area contributed by atoms with Crippen molar-refractivity contribution < 1.29 is 0 Å². The van der Waals surface area contributed by atoms with Crippen LogP contribution >= 0.6 is 11.3 Å². The van der Waals surface area contributed by atoms with Crippen molar-refractivity contribution in [3.63, 3.8) is 0 Å². The highest BCUT2D eigenvalue weighted by Crippen LogP contribution is 2.18. The van der Waals surface area contributed by atoms with E-state index in [9.17, 15) is 0 Å². The van der Waals surface area contributed by atoms with E-state index in [0.29, 0.717) is 6.54 Å². The summed E-state index contributed by atoms with van der Waals surface area (Å²) in [5, 5.41) is 2.13. The molecule has 1 aliphatic heterocycles. The average molecular weight is 234 g/mol. The molecule has 2 heterocycles. The first kappa shape index (κ1) is 11.7. The summed E-state index contributed by atoms with van der Waals surface area (Å²) in [4.78, 5) is 3.96. The lowest BCUT2D eigenvalue weighted by Gasteiger charge is -2.25. The lowest BCUT2D eigenvalue weighted by molar-refractivity contribution is 0.222. The fourth-order valence-electron chi connectivity index (χ4n) is 2.02. The van der Waals surface area contributed by atoms with Gasteiger partial charge < -0.3 is 5.73 Å². The maximum atomic E-state index is 5.35. The molecular formula is C13H18N2S. The van der Waals surface area contributed by atoms with Gasteiger partial charge in [-0.2, -0.15) is 0 Å². The third-order valence-corrected chi connectivity index (χ3v) is 3.74. The van der Waals surface area contributed by atoms with Crippen molar-refractivity contribution in [3.05, 3.63) is 21.9 Å². The molecule has 0 saturated carbocycles. The van der Waals surface area contributed by atoms with Crippen LogP contribution in [0.4, 0.5) is 0 Å². The number of thiophene rings is 1. The molecule has 2 rings (SSSR count). The zero-order chi connectivity index (χ0) is 11.2. The second-order valence-corrected chi connectivity index (χ2v) is 5.14. The van der Waals surface area contributed by atoms with E-state index in [1.807, 2.05) is 11.3 Å². The van der Waals surface area contributed by atoms with Crippen LogP contribution in [0.2, 0.25) is 0 Å². The van der Waals surface area contributed by atoms with Gasteiger partial charge in [-0.1, -0.05) is 18.3 Å². The molecule has 0 aliphatic carbocycles. The van der Waals surface area contributed by atoms with E-state index < -0.39 is 0 Å². The Bertz CT molecular complexity index is 380. The summed E-state index contributed by atoms with van der Waals surface area (Å²) >= 11 is 1.81. The molecule has 1 aromatic heterocycles. The van der Waals surface area contributed by atoms with Gasteiger partial charge in [-0.3, -0.25) is 4.90 Å². The molecule has 0 radical (unpaired) electrons. The van der Waals surface area contributed by atoms with Crippen molar-refractivity contribution in [2.24, 2.45) is 5.73 Å². The summed E-state index contributed by atoms with van der Waals surface area (Å²) in [5.41, 5.74) is 6.47. The van der Waals surface area contributed by atoms with Gasteiger partial charge in [0.25, 0.3) is 0 Å². The molecule has 0 unspecified atom stereocenters. The smallest absolute Gasteiger partial charge is 0.0555 e. The Morgan fingerprint density at radius 3 is 2.88 bits per heavy atom. The van der Waals surface area contributed by atoms with Crippen molar-refractivity contribution in [2.45, 2.75) is 25.8 Å².